The van der Waals surface area contributed by atoms with Gasteiger partial charge >= 0.3 is 0 Å². The second-order valence-corrected chi connectivity index (χ2v) is 4.28. The molecule has 1 amide bonds. The normalized spacial score (nSPS) is 26.7. The lowest BCUT2D eigenvalue weighted by Crippen LogP contribution is -2.45. The number of hydrogen-bond acceptors (Lipinski definition) is 3. The van der Waals surface area contributed by atoms with Crippen molar-refractivity contribution < 1.29 is 9.90 Å². The Bertz CT molecular complexity index is 209. The number of nitrogens with zero attached hydrogens (tertiary/aromatic N) is 1. The molecule has 2 N–H and O–H groups in total. The van der Waals surface area contributed by atoms with Crippen LogP contribution in [0.4, 0.5) is 0 Å². The third-order valence-corrected chi connectivity index (χ3v) is 2.98. The van der Waals surface area contributed by atoms with Gasteiger partial charge in [-0.1, -0.05) is 13.8 Å². The maximum atomic E-state index is 11.7. The average molecular weight is 214 g/mol. The summed E-state index contributed by atoms with van der Waals surface area (Å²) >= 11 is 0. The summed E-state index contributed by atoms with van der Waals surface area (Å²) in [5, 5.41) is 12.7. The van der Waals surface area contributed by atoms with Crippen molar-refractivity contribution in [2.45, 2.75) is 32.8 Å². The van der Waals surface area contributed by atoms with Crippen LogP contribution in [-0.2, 0) is 4.79 Å². The first-order valence-electron chi connectivity index (χ1n) is 5.81. The lowest BCUT2D eigenvalue weighted by atomic mass is 9.96. The predicted molar refractivity (Wildman–Crippen MR) is 59.5 cm³/mol. The number of carbonyl (C=O) groups is 1. The first-order chi connectivity index (χ1) is 7.15. The van der Waals surface area contributed by atoms with Crippen molar-refractivity contribution in [3.05, 3.63) is 0 Å². The highest BCUT2D eigenvalue weighted by molar-refractivity contribution is 5.76. The molecule has 2 atom stereocenters. The molecule has 0 aromatic rings. The third-order valence-electron chi connectivity index (χ3n) is 2.98. The fourth-order valence-electron chi connectivity index (χ4n) is 1.89. The Morgan fingerprint density at radius 1 is 1.60 bits per heavy atom. The van der Waals surface area contributed by atoms with E-state index in [1.54, 1.807) is 0 Å². The van der Waals surface area contributed by atoms with Crippen LogP contribution in [-0.4, -0.2) is 48.2 Å². The molecule has 0 aromatic carbocycles. The van der Waals surface area contributed by atoms with Gasteiger partial charge in [-0.15, -0.1) is 0 Å². The van der Waals surface area contributed by atoms with Crippen molar-refractivity contribution in [2.75, 3.05) is 26.2 Å². The van der Waals surface area contributed by atoms with Crippen molar-refractivity contribution in [1.82, 2.24) is 10.2 Å². The first kappa shape index (κ1) is 12.5. The van der Waals surface area contributed by atoms with Crippen LogP contribution < -0.4 is 5.32 Å². The fourth-order valence-corrected chi connectivity index (χ4v) is 1.89. The molecule has 4 heteroatoms. The zero-order chi connectivity index (χ0) is 11.3. The Labute approximate surface area is 91.6 Å². The second-order valence-electron chi connectivity index (χ2n) is 4.28. The Morgan fingerprint density at radius 3 is 2.93 bits per heavy atom. The molecule has 4 nitrogen and oxygen atoms in total. The minimum Gasteiger partial charge on any atom is -0.393 e. The zero-order valence-electron chi connectivity index (χ0n) is 9.70. The highest BCUT2D eigenvalue weighted by atomic mass is 16.3. The quantitative estimate of drug-likeness (QED) is 0.658. The molecule has 1 aliphatic heterocycles. The van der Waals surface area contributed by atoms with Crippen LogP contribution in [0.3, 0.4) is 0 Å². The summed E-state index contributed by atoms with van der Waals surface area (Å²) < 4.78 is 0. The predicted octanol–water partition coefficient (Wildman–Crippen LogP) is 0.215. The van der Waals surface area contributed by atoms with Crippen LogP contribution >= 0.6 is 0 Å². The summed E-state index contributed by atoms with van der Waals surface area (Å²) in [5.74, 6) is 0.413. The summed E-state index contributed by atoms with van der Waals surface area (Å²) in [6.07, 6.45) is 1.05. The Kier molecular flexibility index (Phi) is 5.05. The van der Waals surface area contributed by atoms with Crippen molar-refractivity contribution in [1.29, 1.82) is 0 Å². The van der Waals surface area contributed by atoms with E-state index < -0.39 is 0 Å². The first-order valence-corrected chi connectivity index (χ1v) is 5.81. The van der Waals surface area contributed by atoms with E-state index in [0.29, 0.717) is 25.9 Å². The molecule has 15 heavy (non-hydrogen) atoms. The van der Waals surface area contributed by atoms with E-state index in [1.165, 1.54) is 0 Å². The van der Waals surface area contributed by atoms with Gasteiger partial charge in [-0.25, -0.2) is 0 Å². The Balaban J connectivity index is 2.28. The molecule has 1 aliphatic rings. The maximum Gasteiger partial charge on any atom is 0.223 e. The van der Waals surface area contributed by atoms with Crippen LogP contribution in [0.5, 0.6) is 0 Å². The number of piperidine rings is 1. The second kappa shape index (κ2) is 6.08. The molecular weight excluding hydrogens is 192 g/mol. The maximum absolute atomic E-state index is 11.7. The van der Waals surface area contributed by atoms with Crippen molar-refractivity contribution in [3.8, 4) is 0 Å². The van der Waals surface area contributed by atoms with Crippen LogP contribution in [0.15, 0.2) is 0 Å². The summed E-state index contributed by atoms with van der Waals surface area (Å²) in [4.78, 5) is 13.6. The number of carbonyl (C=O) groups excluding carboxylic acids is 1. The van der Waals surface area contributed by atoms with Crippen LogP contribution in [0.2, 0.25) is 0 Å². The SMILES string of the molecule is CCNCCC(=O)N1CCC(O)C(C)C1. The highest BCUT2D eigenvalue weighted by Gasteiger charge is 2.26. The van der Waals surface area contributed by atoms with Crippen LogP contribution in [0, 0.1) is 5.92 Å². The molecule has 2 unspecified atom stereocenters. The molecule has 1 heterocycles. The third kappa shape index (κ3) is 3.80. The van der Waals surface area contributed by atoms with E-state index in [4.69, 9.17) is 0 Å². The van der Waals surface area contributed by atoms with Gasteiger partial charge in [0.05, 0.1) is 6.10 Å². The van der Waals surface area contributed by atoms with Gasteiger partial charge in [-0.05, 0) is 18.9 Å². The molecule has 0 bridgehead atoms. The highest BCUT2D eigenvalue weighted by Crippen LogP contribution is 2.16. The van der Waals surface area contributed by atoms with E-state index in [1.807, 2.05) is 18.7 Å². The summed E-state index contributed by atoms with van der Waals surface area (Å²) in [6, 6.07) is 0. The molecule has 0 radical (unpaired) electrons. The summed E-state index contributed by atoms with van der Waals surface area (Å²) in [5.41, 5.74) is 0. The Morgan fingerprint density at radius 2 is 2.33 bits per heavy atom. The number of likely N-dealkylation sites (tertiary alicyclic amines) is 1. The number of hydrogen-bond donors (Lipinski definition) is 2. The van der Waals surface area contributed by atoms with Gasteiger partial charge in [0, 0.05) is 26.1 Å². The molecule has 88 valence electrons. The summed E-state index contributed by atoms with van der Waals surface area (Å²) in [7, 11) is 0. The topological polar surface area (TPSA) is 52.6 Å². The largest absolute Gasteiger partial charge is 0.393 e. The van der Waals surface area contributed by atoms with E-state index in [2.05, 4.69) is 5.32 Å². The lowest BCUT2D eigenvalue weighted by molar-refractivity contribution is -0.134. The molecular formula is C11H22N2O2. The van der Waals surface area contributed by atoms with Gasteiger partial charge in [0.25, 0.3) is 0 Å². The molecule has 0 saturated carbocycles. The molecule has 0 aromatic heterocycles. The van der Waals surface area contributed by atoms with E-state index in [0.717, 1.165) is 13.1 Å². The average Bonchev–Trinajstić information content (AvgIpc) is 2.22. The number of nitrogens with one attached hydrogen (secondary N) is 1. The van der Waals surface area contributed by atoms with Gasteiger partial charge < -0.3 is 15.3 Å². The summed E-state index contributed by atoms with van der Waals surface area (Å²) in [6.45, 7) is 7.09. The zero-order valence-corrected chi connectivity index (χ0v) is 9.70. The standard InChI is InChI=1S/C11H22N2O2/c1-3-12-6-4-11(15)13-7-5-10(14)9(2)8-13/h9-10,12,14H,3-8H2,1-2H3. The number of rotatable bonds is 4. The van der Waals surface area contributed by atoms with E-state index in [9.17, 15) is 9.90 Å². The number of aliphatic hydroxyl groups is 1. The minimum absolute atomic E-state index is 0.203. The van der Waals surface area contributed by atoms with Crippen molar-refractivity contribution >= 4 is 5.91 Å². The van der Waals surface area contributed by atoms with E-state index >= 15 is 0 Å². The fraction of sp³-hybridized carbons (Fsp3) is 0.909. The smallest absolute Gasteiger partial charge is 0.223 e. The molecule has 0 spiro atoms. The molecule has 1 fully saturated rings. The number of amides is 1. The van der Waals surface area contributed by atoms with Gasteiger partial charge in [0.2, 0.25) is 5.91 Å². The molecule has 1 saturated heterocycles. The van der Waals surface area contributed by atoms with Crippen LogP contribution in [0.1, 0.15) is 26.7 Å². The minimum atomic E-state index is -0.234. The molecule has 0 aliphatic carbocycles. The van der Waals surface area contributed by atoms with Gasteiger partial charge in [-0.3, -0.25) is 4.79 Å². The van der Waals surface area contributed by atoms with Gasteiger partial charge in [0.1, 0.15) is 0 Å². The van der Waals surface area contributed by atoms with Gasteiger partial charge in [0.15, 0.2) is 0 Å². The van der Waals surface area contributed by atoms with E-state index in [-0.39, 0.29) is 17.9 Å². The molecule has 1 rings (SSSR count). The lowest BCUT2D eigenvalue weighted by Gasteiger charge is -2.34. The van der Waals surface area contributed by atoms with Crippen molar-refractivity contribution in [2.24, 2.45) is 5.92 Å². The number of aliphatic hydroxyl groups excluding tert-OH is 1. The monoisotopic (exact) mass is 214 g/mol. The van der Waals surface area contributed by atoms with Crippen LogP contribution in [0.25, 0.3) is 0 Å². The van der Waals surface area contributed by atoms with Crippen molar-refractivity contribution in [3.63, 3.8) is 0 Å². The Hall–Kier alpha value is -0.610. The van der Waals surface area contributed by atoms with Gasteiger partial charge in [-0.2, -0.15) is 0 Å².